The van der Waals surface area contributed by atoms with E-state index in [0.717, 1.165) is 23.7 Å². The van der Waals surface area contributed by atoms with Crippen LogP contribution in [0, 0.1) is 0 Å². The van der Waals surface area contributed by atoms with Gasteiger partial charge in [0.15, 0.2) is 0 Å². The van der Waals surface area contributed by atoms with Crippen LogP contribution in [-0.2, 0) is 13.2 Å². The molecule has 0 radical (unpaired) electrons. The molecule has 4 nitrogen and oxygen atoms in total. The topological polar surface area (TPSA) is 43.4 Å². The van der Waals surface area contributed by atoms with Gasteiger partial charge in [-0.05, 0) is 23.8 Å². The molecule has 0 fully saturated rings. The first-order chi connectivity index (χ1) is 10.2. The van der Waals surface area contributed by atoms with Crippen LogP contribution in [0.1, 0.15) is 25.1 Å². The van der Waals surface area contributed by atoms with Crippen molar-refractivity contribution in [1.82, 2.24) is 10.3 Å². The van der Waals surface area contributed by atoms with Crippen LogP contribution < -0.4 is 14.8 Å². The van der Waals surface area contributed by atoms with E-state index in [-0.39, 0.29) is 0 Å². The third-order valence-electron chi connectivity index (χ3n) is 3.03. The minimum atomic E-state index is 0.449. The summed E-state index contributed by atoms with van der Waals surface area (Å²) in [7, 11) is 1.64. The van der Waals surface area contributed by atoms with Crippen LogP contribution in [0.3, 0.4) is 0 Å². The third kappa shape index (κ3) is 5.08. The van der Waals surface area contributed by atoms with Crippen molar-refractivity contribution in [1.29, 1.82) is 0 Å². The van der Waals surface area contributed by atoms with Gasteiger partial charge in [0.2, 0.25) is 0 Å². The summed E-state index contributed by atoms with van der Waals surface area (Å²) < 4.78 is 10.9. The molecule has 2 aromatic rings. The highest BCUT2D eigenvalue weighted by Gasteiger charge is 2.00. The number of aromatic nitrogens is 1. The van der Waals surface area contributed by atoms with Gasteiger partial charge in [0.1, 0.15) is 18.1 Å². The van der Waals surface area contributed by atoms with Gasteiger partial charge in [0.05, 0.1) is 12.8 Å². The fraction of sp³-hybridized carbons (Fsp3) is 0.353. The van der Waals surface area contributed by atoms with Gasteiger partial charge in [-0.15, -0.1) is 0 Å². The molecule has 0 aliphatic heterocycles. The van der Waals surface area contributed by atoms with Crippen molar-refractivity contribution in [3.63, 3.8) is 0 Å². The maximum absolute atomic E-state index is 5.71. The molecule has 4 heteroatoms. The van der Waals surface area contributed by atoms with Crippen LogP contribution in [0.5, 0.6) is 11.5 Å². The van der Waals surface area contributed by atoms with Crippen LogP contribution in [0.25, 0.3) is 0 Å². The number of hydrogen-bond acceptors (Lipinski definition) is 4. The number of rotatable bonds is 7. The standard InChI is InChI=1S/C17H22N2O2/c1-13(2)18-10-14-7-8-15(19-11-14)12-21-17-6-4-5-16(9-17)20-3/h4-9,11,13,18H,10,12H2,1-3H3. The highest BCUT2D eigenvalue weighted by Crippen LogP contribution is 2.19. The summed E-state index contributed by atoms with van der Waals surface area (Å²) in [6, 6.07) is 12.1. The maximum atomic E-state index is 5.71. The molecule has 1 N–H and O–H groups in total. The molecule has 2 rings (SSSR count). The first-order valence-electron chi connectivity index (χ1n) is 7.11. The van der Waals surface area contributed by atoms with Gasteiger partial charge >= 0.3 is 0 Å². The van der Waals surface area contributed by atoms with E-state index >= 15 is 0 Å². The summed E-state index contributed by atoms with van der Waals surface area (Å²) in [5.74, 6) is 1.57. The van der Waals surface area contributed by atoms with Gasteiger partial charge in [-0.1, -0.05) is 26.0 Å². The van der Waals surface area contributed by atoms with Gasteiger partial charge < -0.3 is 14.8 Å². The lowest BCUT2D eigenvalue weighted by molar-refractivity contribution is 0.299. The molecule has 1 aromatic heterocycles. The van der Waals surface area contributed by atoms with E-state index in [1.165, 1.54) is 5.56 Å². The molecule has 21 heavy (non-hydrogen) atoms. The van der Waals surface area contributed by atoms with Crippen molar-refractivity contribution in [2.45, 2.75) is 33.0 Å². The van der Waals surface area contributed by atoms with Gasteiger partial charge in [0, 0.05) is 24.8 Å². The number of pyridine rings is 1. The summed E-state index contributed by atoms with van der Waals surface area (Å²) in [6.45, 7) is 5.54. The molecule has 0 unspecified atom stereocenters. The number of hydrogen-bond donors (Lipinski definition) is 1. The Morgan fingerprint density at radius 1 is 1.14 bits per heavy atom. The summed E-state index contributed by atoms with van der Waals surface area (Å²) in [4.78, 5) is 4.42. The Bertz CT molecular complexity index is 553. The van der Waals surface area contributed by atoms with Gasteiger partial charge in [0.25, 0.3) is 0 Å². The Kier molecular flexibility index (Phi) is 5.58. The molecule has 0 saturated heterocycles. The van der Waals surface area contributed by atoms with Crippen LogP contribution in [0.4, 0.5) is 0 Å². The number of nitrogens with one attached hydrogen (secondary N) is 1. The number of benzene rings is 1. The third-order valence-corrected chi connectivity index (χ3v) is 3.03. The molecule has 1 heterocycles. The molecule has 1 aromatic carbocycles. The van der Waals surface area contributed by atoms with E-state index in [2.05, 4.69) is 30.2 Å². The fourth-order valence-electron chi connectivity index (χ4n) is 1.82. The minimum absolute atomic E-state index is 0.449. The van der Waals surface area contributed by atoms with E-state index < -0.39 is 0 Å². The largest absolute Gasteiger partial charge is 0.497 e. The molecular weight excluding hydrogens is 264 g/mol. The van der Waals surface area contributed by atoms with E-state index in [1.54, 1.807) is 7.11 Å². The Morgan fingerprint density at radius 3 is 2.62 bits per heavy atom. The quantitative estimate of drug-likeness (QED) is 0.849. The SMILES string of the molecule is COc1cccc(OCc2ccc(CNC(C)C)cn2)c1. The zero-order valence-corrected chi connectivity index (χ0v) is 12.8. The molecule has 0 atom stereocenters. The maximum Gasteiger partial charge on any atom is 0.130 e. The van der Waals surface area contributed by atoms with Gasteiger partial charge in [-0.2, -0.15) is 0 Å². The normalized spacial score (nSPS) is 10.7. The predicted octanol–water partition coefficient (Wildman–Crippen LogP) is 3.17. The second-order valence-electron chi connectivity index (χ2n) is 5.16. The first kappa shape index (κ1) is 15.3. The summed E-state index contributed by atoms with van der Waals surface area (Å²) in [6.07, 6.45) is 1.89. The lowest BCUT2D eigenvalue weighted by atomic mass is 10.2. The van der Waals surface area contributed by atoms with Crippen LogP contribution in [-0.4, -0.2) is 18.1 Å². The molecule has 0 aliphatic rings. The Balaban J connectivity index is 1.88. The Labute approximate surface area is 126 Å². The molecule has 0 spiro atoms. The molecule has 0 aliphatic carbocycles. The summed E-state index contributed by atoms with van der Waals surface area (Å²) in [5.41, 5.74) is 2.08. The minimum Gasteiger partial charge on any atom is -0.497 e. The fourth-order valence-corrected chi connectivity index (χ4v) is 1.82. The summed E-state index contributed by atoms with van der Waals surface area (Å²) >= 11 is 0. The highest BCUT2D eigenvalue weighted by atomic mass is 16.5. The van der Waals surface area contributed by atoms with Crippen molar-refractivity contribution in [3.05, 3.63) is 53.9 Å². The summed E-state index contributed by atoms with van der Waals surface area (Å²) in [5, 5.41) is 3.37. The first-order valence-corrected chi connectivity index (χ1v) is 7.11. The molecule has 0 saturated carbocycles. The van der Waals surface area contributed by atoms with Crippen LogP contribution >= 0.6 is 0 Å². The van der Waals surface area contributed by atoms with Crippen LogP contribution in [0.15, 0.2) is 42.6 Å². The number of ether oxygens (including phenoxy) is 2. The molecule has 0 bridgehead atoms. The van der Waals surface area contributed by atoms with Crippen molar-refractivity contribution < 1.29 is 9.47 Å². The second kappa shape index (κ2) is 7.64. The average Bonchev–Trinajstić information content (AvgIpc) is 2.52. The Hall–Kier alpha value is -2.07. The highest BCUT2D eigenvalue weighted by molar-refractivity contribution is 5.32. The van der Waals surface area contributed by atoms with E-state index in [0.29, 0.717) is 12.6 Å². The van der Waals surface area contributed by atoms with Gasteiger partial charge in [-0.3, -0.25) is 4.98 Å². The average molecular weight is 286 g/mol. The van der Waals surface area contributed by atoms with E-state index in [4.69, 9.17) is 9.47 Å². The van der Waals surface area contributed by atoms with Crippen molar-refractivity contribution in [2.75, 3.05) is 7.11 Å². The zero-order valence-electron chi connectivity index (χ0n) is 12.8. The smallest absolute Gasteiger partial charge is 0.130 e. The molecule has 112 valence electrons. The lowest BCUT2D eigenvalue weighted by Gasteiger charge is -2.09. The number of nitrogens with zero attached hydrogens (tertiary/aromatic N) is 1. The van der Waals surface area contributed by atoms with Gasteiger partial charge in [-0.25, -0.2) is 0 Å². The van der Waals surface area contributed by atoms with Crippen LogP contribution in [0.2, 0.25) is 0 Å². The van der Waals surface area contributed by atoms with Crippen molar-refractivity contribution in [3.8, 4) is 11.5 Å². The monoisotopic (exact) mass is 286 g/mol. The zero-order chi connectivity index (χ0) is 15.1. The van der Waals surface area contributed by atoms with Crippen molar-refractivity contribution in [2.24, 2.45) is 0 Å². The molecule has 0 amide bonds. The molecular formula is C17H22N2O2. The van der Waals surface area contributed by atoms with Crippen molar-refractivity contribution >= 4 is 0 Å². The Morgan fingerprint density at radius 2 is 1.95 bits per heavy atom. The van der Waals surface area contributed by atoms with E-state index in [1.807, 2.05) is 36.5 Å². The van der Waals surface area contributed by atoms with E-state index in [9.17, 15) is 0 Å². The second-order valence-corrected chi connectivity index (χ2v) is 5.16. The predicted molar refractivity (Wildman–Crippen MR) is 83.5 cm³/mol. The number of methoxy groups -OCH3 is 1. The lowest BCUT2D eigenvalue weighted by Crippen LogP contribution is -2.21.